The number of nitro groups is 1. The van der Waals surface area contributed by atoms with E-state index in [9.17, 15) is 32.9 Å². The monoisotopic (exact) mass is 525 g/mol. The van der Waals surface area contributed by atoms with Crippen molar-refractivity contribution in [3.63, 3.8) is 0 Å². The van der Waals surface area contributed by atoms with Gasteiger partial charge < -0.3 is 20.1 Å². The van der Waals surface area contributed by atoms with Gasteiger partial charge in [-0.2, -0.15) is 13.2 Å². The van der Waals surface area contributed by atoms with E-state index in [1.165, 1.54) is 24.3 Å². The van der Waals surface area contributed by atoms with Crippen LogP contribution >= 0.6 is 11.6 Å². The Hall–Kier alpha value is -4.46. The van der Waals surface area contributed by atoms with Crippen molar-refractivity contribution in [2.75, 3.05) is 24.9 Å². The van der Waals surface area contributed by atoms with Gasteiger partial charge in [0, 0.05) is 11.4 Å². The molecule has 3 rings (SSSR count). The number of aromatic nitrogens is 2. The zero-order valence-corrected chi connectivity index (χ0v) is 19.1. The molecule has 11 nitrogen and oxygen atoms in total. The first-order valence-electron chi connectivity index (χ1n) is 9.66. The summed E-state index contributed by atoms with van der Waals surface area (Å²) in [5, 5.41) is 16.4. The number of hydrogen-bond acceptors (Lipinski definition) is 10. The van der Waals surface area contributed by atoms with Crippen molar-refractivity contribution in [3.05, 3.63) is 74.6 Å². The van der Waals surface area contributed by atoms with Crippen LogP contribution in [0.15, 0.2) is 42.7 Å². The van der Waals surface area contributed by atoms with E-state index >= 15 is 0 Å². The van der Waals surface area contributed by atoms with Crippen LogP contribution in [0.25, 0.3) is 0 Å². The fourth-order valence-electron chi connectivity index (χ4n) is 3.00. The number of methoxy groups -OCH3 is 2. The number of rotatable bonds is 7. The Morgan fingerprint density at radius 2 is 1.47 bits per heavy atom. The normalized spacial score (nSPS) is 10.9. The minimum absolute atomic E-state index is 0.0249. The lowest BCUT2D eigenvalue weighted by atomic mass is 10.1. The molecular formula is C21H15ClF3N5O6. The van der Waals surface area contributed by atoms with Gasteiger partial charge in [0.2, 0.25) is 11.6 Å². The van der Waals surface area contributed by atoms with Gasteiger partial charge in [-0.25, -0.2) is 19.6 Å². The highest BCUT2D eigenvalue weighted by atomic mass is 35.5. The summed E-state index contributed by atoms with van der Waals surface area (Å²) in [6, 6.07) is 6.51. The van der Waals surface area contributed by atoms with Crippen LogP contribution in [-0.2, 0) is 15.7 Å². The minimum atomic E-state index is -4.76. The molecule has 0 aliphatic heterocycles. The molecule has 0 saturated carbocycles. The summed E-state index contributed by atoms with van der Waals surface area (Å²) in [6.45, 7) is 0. The highest BCUT2D eigenvalue weighted by molar-refractivity contribution is 6.31. The maximum Gasteiger partial charge on any atom is 0.417 e. The molecule has 2 aromatic carbocycles. The SMILES string of the molecule is COC(=O)c1cc(Nc2ncnc(Nc3ccc(Cl)c(C(F)(F)F)c3)c2[N+](=O)[O-])cc(C(=O)OC)c1. The average molecular weight is 526 g/mol. The van der Waals surface area contributed by atoms with Crippen molar-refractivity contribution in [2.45, 2.75) is 6.18 Å². The van der Waals surface area contributed by atoms with Crippen LogP contribution in [0.4, 0.5) is 41.9 Å². The van der Waals surface area contributed by atoms with Gasteiger partial charge in [0.1, 0.15) is 6.33 Å². The topological polar surface area (TPSA) is 146 Å². The first-order valence-corrected chi connectivity index (χ1v) is 10.0. The van der Waals surface area contributed by atoms with E-state index in [0.717, 1.165) is 26.6 Å². The number of carbonyl (C=O) groups is 2. The summed E-state index contributed by atoms with van der Waals surface area (Å²) in [4.78, 5) is 42.6. The number of carbonyl (C=O) groups excluding carboxylic acids is 2. The van der Waals surface area contributed by atoms with Gasteiger partial charge in [-0.3, -0.25) is 10.1 Å². The van der Waals surface area contributed by atoms with Gasteiger partial charge in [-0.1, -0.05) is 11.6 Å². The molecule has 1 heterocycles. The first-order chi connectivity index (χ1) is 16.9. The van der Waals surface area contributed by atoms with Crippen molar-refractivity contribution in [1.82, 2.24) is 9.97 Å². The third-order valence-corrected chi connectivity index (χ3v) is 4.91. The molecule has 1 aromatic heterocycles. The molecule has 0 unspecified atom stereocenters. The highest BCUT2D eigenvalue weighted by Gasteiger charge is 2.33. The predicted molar refractivity (Wildman–Crippen MR) is 121 cm³/mol. The van der Waals surface area contributed by atoms with Crippen LogP contribution in [-0.4, -0.2) is 41.0 Å². The van der Waals surface area contributed by atoms with Crippen molar-refractivity contribution in [2.24, 2.45) is 0 Å². The second-order valence-corrected chi connectivity index (χ2v) is 7.31. The lowest BCUT2D eigenvalue weighted by molar-refractivity contribution is -0.383. The predicted octanol–water partition coefficient (Wildman–Crippen LogP) is 5.12. The molecule has 3 aromatic rings. The number of halogens is 4. The fourth-order valence-corrected chi connectivity index (χ4v) is 3.22. The summed E-state index contributed by atoms with van der Waals surface area (Å²) in [5.74, 6) is -2.43. The van der Waals surface area contributed by atoms with Crippen LogP contribution < -0.4 is 10.6 Å². The van der Waals surface area contributed by atoms with E-state index < -0.39 is 45.1 Å². The Labute approximate surface area is 205 Å². The molecule has 0 aliphatic carbocycles. The Morgan fingerprint density at radius 1 is 0.944 bits per heavy atom. The molecule has 0 spiro atoms. The smallest absolute Gasteiger partial charge is 0.417 e. The number of ether oxygens (including phenoxy) is 2. The molecule has 0 saturated heterocycles. The van der Waals surface area contributed by atoms with Crippen molar-refractivity contribution >= 4 is 52.2 Å². The third-order valence-electron chi connectivity index (χ3n) is 4.58. The molecule has 0 radical (unpaired) electrons. The Kier molecular flexibility index (Phi) is 7.58. The van der Waals surface area contributed by atoms with Crippen LogP contribution in [0.5, 0.6) is 0 Å². The number of hydrogen-bond donors (Lipinski definition) is 2. The van der Waals surface area contributed by atoms with E-state index in [1.807, 2.05) is 0 Å². The van der Waals surface area contributed by atoms with Gasteiger partial charge in [0.15, 0.2) is 0 Å². The third kappa shape index (κ3) is 5.78. The van der Waals surface area contributed by atoms with Gasteiger partial charge >= 0.3 is 23.8 Å². The van der Waals surface area contributed by atoms with Crippen LogP contribution in [0.3, 0.4) is 0 Å². The van der Waals surface area contributed by atoms with Crippen molar-refractivity contribution in [1.29, 1.82) is 0 Å². The summed E-state index contributed by atoms with van der Waals surface area (Å²) in [7, 11) is 2.24. The van der Waals surface area contributed by atoms with Crippen molar-refractivity contribution in [3.8, 4) is 0 Å². The summed E-state index contributed by atoms with van der Waals surface area (Å²) in [6.07, 6.45) is -3.84. The second kappa shape index (κ2) is 10.4. The summed E-state index contributed by atoms with van der Waals surface area (Å²) < 4.78 is 48.9. The minimum Gasteiger partial charge on any atom is -0.465 e. The van der Waals surface area contributed by atoms with Gasteiger partial charge in [0.25, 0.3) is 0 Å². The van der Waals surface area contributed by atoms with E-state index in [0.29, 0.717) is 6.07 Å². The number of esters is 2. The number of nitrogens with zero attached hydrogens (tertiary/aromatic N) is 3. The molecule has 0 atom stereocenters. The molecule has 2 N–H and O–H groups in total. The molecule has 36 heavy (non-hydrogen) atoms. The summed E-state index contributed by atoms with van der Waals surface area (Å²) in [5.41, 5.74) is -2.18. The zero-order chi connectivity index (χ0) is 26.6. The quantitative estimate of drug-likeness (QED) is 0.242. The van der Waals surface area contributed by atoms with Crippen LogP contribution in [0.2, 0.25) is 5.02 Å². The molecule has 188 valence electrons. The molecule has 0 bridgehead atoms. The maximum absolute atomic E-state index is 13.2. The molecule has 0 aliphatic rings. The zero-order valence-electron chi connectivity index (χ0n) is 18.3. The number of nitrogens with one attached hydrogen (secondary N) is 2. The van der Waals surface area contributed by atoms with E-state index in [1.54, 1.807) is 0 Å². The van der Waals surface area contributed by atoms with Crippen molar-refractivity contribution < 1.29 is 37.2 Å². The van der Waals surface area contributed by atoms with Gasteiger partial charge in [-0.05, 0) is 36.4 Å². The molecule has 0 fully saturated rings. The largest absolute Gasteiger partial charge is 0.465 e. The Morgan fingerprint density at radius 3 is 1.94 bits per heavy atom. The molecule has 15 heteroatoms. The van der Waals surface area contributed by atoms with Gasteiger partial charge in [0.05, 0.1) is 40.9 Å². The van der Waals surface area contributed by atoms with Crippen LogP contribution in [0.1, 0.15) is 26.3 Å². The Balaban J connectivity index is 2.05. The fraction of sp³-hybridized carbons (Fsp3) is 0.143. The Bertz CT molecular complexity index is 1320. The van der Waals surface area contributed by atoms with E-state index in [-0.39, 0.29) is 28.3 Å². The van der Waals surface area contributed by atoms with Gasteiger partial charge in [-0.15, -0.1) is 0 Å². The standard InChI is InChI=1S/C21H15ClF3N5O6/c1-35-19(31)10-5-11(20(32)36-2)7-13(6-10)29-18-16(30(33)34)17(26-9-27-18)28-12-3-4-15(22)14(8-12)21(23,24)25/h3-9H,1-2H3,(H2,26,27,28,29). The number of alkyl halides is 3. The highest BCUT2D eigenvalue weighted by Crippen LogP contribution is 2.38. The summed E-state index contributed by atoms with van der Waals surface area (Å²) >= 11 is 5.61. The molecule has 0 amide bonds. The van der Waals surface area contributed by atoms with E-state index in [4.69, 9.17) is 11.6 Å². The molecular weight excluding hydrogens is 511 g/mol. The lowest BCUT2D eigenvalue weighted by Gasteiger charge is -2.13. The van der Waals surface area contributed by atoms with E-state index in [2.05, 4.69) is 30.1 Å². The maximum atomic E-state index is 13.2. The lowest BCUT2D eigenvalue weighted by Crippen LogP contribution is -2.10. The number of benzene rings is 2. The first kappa shape index (κ1) is 26.2. The van der Waals surface area contributed by atoms with Crippen LogP contribution in [0, 0.1) is 10.1 Å². The second-order valence-electron chi connectivity index (χ2n) is 6.90. The average Bonchev–Trinajstić information content (AvgIpc) is 2.83. The number of anilines is 4.